The highest BCUT2D eigenvalue weighted by molar-refractivity contribution is 4.94. The molecule has 1 saturated carbocycles. The van der Waals surface area contributed by atoms with Gasteiger partial charge in [0.1, 0.15) is 0 Å². The predicted octanol–water partition coefficient (Wildman–Crippen LogP) is 1.48. The normalized spacial score (nSPS) is 33.9. The first-order valence-electron chi connectivity index (χ1n) is 6.79. The van der Waals surface area contributed by atoms with Gasteiger partial charge in [-0.2, -0.15) is 0 Å². The van der Waals surface area contributed by atoms with Crippen molar-refractivity contribution in [3.63, 3.8) is 0 Å². The molecular weight excluding hydrogens is 200 g/mol. The molecule has 2 aliphatic rings. The van der Waals surface area contributed by atoms with Crippen molar-refractivity contribution in [3.8, 4) is 0 Å². The van der Waals surface area contributed by atoms with Gasteiger partial charge in [-0.05, 0) is 39.5 Å². The summed E-state index contributed by atoms with van der Waals surface area (Å²) in [7, 11) is 0. The van der Waals surface area contributed by atoms with Crippen molar-refractivity contribution in [3.05, 3.63) is 0 Å². The Morgan fingerprint density at radius 3 is 2.81 bits per heavy atom. The highest BCUT2D eigenvalue weighted by Gasteiger charge is 2.37. The molecule has 1 heterocycles. The van der Waals surface area contributed by atoms with Crippen LogP contribution in [-0.4, -0.2) is 49.3 Å². The van der Waals surface area contributed by atoms with Gasteiger partial charge in [-0.15, -0.1) is 0 Å². The van der Waals surface area contributed by atoms with Crippen molar-refractivity contribution in [2.45, 2.75) is 51.7 Å². The molecule has 0 spiro atoms. The largest absolute Gasteiger partial charge is 0.380 e. The van der Waals surface area contributed by atoms with Gasteiger partial charge in [-0.25, -0.2) is 0 Å². The van der Waals surface area contributed by atoms with E-state index in [9.17, 15) is 0 Å². The van der Waals surface area contributed by atoms with Crippen molar-refractivity contribution in [2.75, 3.05) is 26.3 Å². The molecule has 0 bridgehead atoms. The lowest BCUT2D eigenvalue weighted by atomic mass is 10.0. The van der Waals surface area contributed by atoms with Gasteiger partial charge in [0.2, 0.25) is 0 Å². The topological polar surface area (TPSA) is 24.5 Å². The summed E-state index contributed by atoms with van der Waals surface area (Å²) in [4.78, 5) is 2.62. The molecule has 2 rings (SSSR count). The molecule has 3 heteroatoms. The molecule has 1 aliphatic carbocycles. The van der Waals surface area contributed by atoms with E-state index in [4.69, 9.17) is 4.74 Å². The van der Waals surface area contributed by atoms with Crippen LogP contribution in [-0.2, 0) is 4.74 Å². The lowest BCUT2D eigenvalue weighted by Crippen LogP contribution is -2.59. The Morgan fingerprint density at radius 2 is 2.19 bits per heavy atom. The van der Waals surface area contributed by atoms with Crippen LogP contribution in [0.15, 0.2) is 0 Å². The molecule has 0 amide bonds. The van der Waals surface area contributed by atoms with E-state index < -0.39 is 0 Å². The summed E-state index contributed by atoms with van der Waals surface area (Å²) in [6, 6.07) is 1.93. The van der Waals surface area contributed by atoms with E-state index in [1.807, 2.05) is 0 Å². The molecule has 3 unspecified atom stereocenters. The number of piperazine rings is 1. The monoisotopic (exact) mass is 226 g/mol. The summed E-state index contributed by atoms with van der Waals surface area (Å²) >= 11 is 0. The molecule has 16 heavy (non-hydrogen) atoms. The zero-order valence-electron chi connectivity index (χ0n) is 10.9. The van der Waals surface area contributed by atoms with Crippen molar-refractivity contribution >= 4 is 0 Å². The van der Waals surface area contributed by atoms with Crippen LogP contribution < -0.4 is 5.32 Å². The zero-order chi connectivity index (χ0) is 11.5. The van der Waals surface area contributed by atoms with E-state index in [1.54, 1.807) is 0 Å². The highest BCUT2D eigenvalue weighted by atomic mass is 16.5. The average molecular weight is 226 g/mol. The molecule has 1 aliphatic heterocycles. The van der Waals surface area contributed by atoms with Crippen LogP contribution in [0.25, 0.3) is 0 Å². The van der Waals surface area contributed by atoms with Crippen LogP contribution in [0.5, 0.6) is 0 Å². The molecule has 0 aromatic rings. The Morgan fingerprint density at radius 1 is 1.44 bits per heavy atom. The molecule has 1 saturated heterocycles. The lowest BCUT2D eigenvalue weighted by molar-refractivity contribution is 0.0308. The number of ether oxygens (including phenoxy) is 1. The predicted molar refractivity (Wildman–Crippen MR) is 66.6 cm³/mol. The van der Waals surface area contributed by atoms with Gasteiger partial charge >= 0.3 is 0 Å². The van der Waals surface area contributed by atoms with E-state index >= 15 is 0 Å². The smallest absolute Gasteiger partial charge is 0.0619 e. The molecule has 2 fully saturated rings. The molecule has 0 radical (unpaired) electrons. The molecule has 1 N–H and O–H groups in total. The van der Waals surface area contributed by atoms with Crippen molar-refractivity contribution < 1.29 is 4.74 Å². The molecule has 94 valence electrons. The second-order valence-corrected chi connectivity index (χ2v) is 5.41. The lowest BCUT2D eigenvalue weighted by Gasteiger charge is -2.42. The fraction of sp³-hybridized carbons (Fsp3) is 1.00. The zero-order valence-corrected chi connectivity index (χ0v) is 10.9. The van der Waals surface area contributed by atoms with E-state index in [0.717, 1.165) is 31.7 Å². The van der Waals surface area contributed by atoms with E-state index in [1.165, 1.54) is 19.4 Å². The fourth-order valence-electron chi connectivity index (χ4n) is 2.72. The molecule has 3 atom stereocenters. The van der Waals surface area contributed by atoms with E-state index in [-0.39, 0.29) is 0 Å². The van der Waals surface area contributed by atoms with Crippen LogP contribution in [0, 0.1) is 5.92 Å². The SMILES string of the molecule is CCOCC(C)N1CC(C2CC2)NCC1C. The number of nitrogens with zero attached hydrogens (tertiary/aromatic N) is 1. The fourth-order valence-corrected chi connectivity index (χ4v) is 2.72. The van der Waals surface area contributed by atoms with Crippen molar-refractivity contribution in [2.24, 2.45) is 5.92 Å². The Bertz CT molecular complexity index is 218. The first-order valence-corrected chi connectivity index (χ1v) is 6.79. The number of nitrogens with one attached hydrogen (secondary N) is 1. The second-order valence-electron chi connectivity index (χ2n) is 5.41. The first kappa shape index (κ1) is 12.3. The van der Waals surface area contributed by atoms with Gasteiger partial charge in [-0.1, -0.05) is 0 Å². The minimum atomic E-state index is 0.554. The summed E-state index contributed by atoms with van der Waals surface area (Å²) in [5, 5.41) is 3.69. The van der Waals surface area contributed by atoms with Gasteiger partial charge in [0.15, 0.2) is 0 Å². The summed E-state index contributed by atoms with van der Waals surface area (Å²) in [6.45, 7) is 10.7. The van der Waals surface area contributed by atoms with Gasteiger partial charge in [0, 0.05) is 37.8 Å². The van der Waals surface area contributed by atoms with E-state index in [0.29, 0.717) is 12.1 Å². The van der Waals surface area contributed by atoms with Crippen molar-refractivity contribution in [1.29, 1.82) is 0 Å². The molecular formula is C13H26N2O. The van der Waals surface area contributed by atoms with Crippen LogP contribution in [0.3, 0.4) is 0 Å². The summed E-state index contributed by atoms with van der Waals surface area (Å²) in [5.74, 6) is 0.953. The maximum absolute atomic E-state index is 5.55. The summed E-state index contributed by atoms with van der Waals surface area (Å²) < 4.78 is 5.55. The summed E-state index contributed by atoms with van der Waals surface area (Å²) in [6.07, 6.45) is 2.86. The maximum Gasteiger partial charge on any atom is 0.0619 e. The third kappa shape index (κ3) is 2.96. The minimum Gasteiger partial charge on any atom is -0.380 e. The Balaban J connectivity index is 1.84. The van der Waals surface area contributed by atoms with Crippen LogP contribution in [0.2, 0.25) is 0 Å². The Hall–Kier alpha value is -0.120. The van der Waals surface area contributed by atoms with Crippen LogP contribution in [0.4, 0.5) is 0 Å². The number of hydrogen-bond acceptors (Lipinski definition) is 3. The molecule has 0 aromatic carbocycles. The quantitative estimate of drug-likeness (QED) is 0.768. The standard InChI is InChI=1S/C13H26N2O/c1-4-16-9-11(3)15-8-13(12-5-6-12)14-7-10(15)2/h10-14H,4-9H2,1-3H3. The molecule has 3 nitrogen and oxygen atoms in total. The summed E-state index contributed by atoms with van der Waals surface area (Å²) in [5.41, 5.74) is 0. The average Bonchev–Trinajstić information content (AvgIpc) is 3.10. The Kier molecular flexibility index (Phi) is 4.22. The number of rotatable bonds is 5. The van der Waals surface area contributed by atoms with Gasteiger partial charge < -0.3 is 10.1 Å². The highest BCUT2D eigenvalue weighted by Crippen LogP contribution is 2.34. The minimum absolute atomic E-state index is 0.554. The third-order valence-electron chi connectivity index (χ3n) is 3.97. The Labute approximate surface area is 99.5 Å². The van der Waals surface area contributed by atoms with Crippen LogP contribution >= 0.6 is 0 Å². The third-order valence-corrected chi connectivity index (χ3v) is 3.97. The number of hydrogen-bond donors (Lipinski definition) is 1. The molecule has 0 aromatic heterocycles. The van der Waals surface area contributed by atoms with Crippen LogP contribution in [0.1, 0.15) is 33.6 Å². The van der Waals surface area contributed by atoms with E-state index in [2.05, 4.69) is 31.0 Å². The van der Waals surface area contributed by atoms with Crippen molar-refractivity contribution in [1.82, 2.24) is 10.2 Å². The van der Waals surface area contributed by atoms with Gasteiger partial charge in [0.05, 0.1) is 6.61 Å². The maximum atomic E-state index is 5.55. The first-order chi connectivity index (χ1) is 7.72. The second kappa shape index (κ2) is 5.48. The van der Waals surface area contributed by atoms with Gasteiger partial charge in [-0.3, -0.25) is 4.90 Å². The van der Waals surface area contributed by atoms with Gasteiger partial charge in [0.25, 0.3) is 0 Å².